The van der Waals surface area contributed by atoms with Gasteiger partial charge in [0.25, 0.3) is 0 Å². The molecule has 0 radical (unpaired) electrons. The van der Waals surface area contributed by atoms with Crippen molar-refractivity contribution in [3.8, 4) is 5.69 Å². The molecule has 1 heterocycles. The number of rotatable bonds is 9. The molecule has 25 heavy (non-hydrogen) atoms. The molecule has 136 valence electrons. The lowest BCUT2D eigenvalue weighted by Crippen LogP contribution is -2.31. The SMILES string of the molecule is CC(C)S(=O)(=O)NCCCCC(=O)Nc1ccc(-n2cccn2)cc1. The molecule has 2 aromatic rings. The van der Waals surface area contributed by atoms with Gasteiger partial charge in [-0.2, -0.15) is 5.10 Å². The Morgan fingerprint density at radius 1 is 1.20 bits per heavy atom. The van der Waals surface area contributed by atoms with E-state index in [1.165, 1.54) is 0 Å². The van der Waals surface area contributed by atoms with Crippen LogP contribution >= 0.6 is 0 Å². The molecule has 0 aliphatic carbocycles. The molecular weight excluding hydrogens is 340 g/mol. The second-order valence-electron chi connectivity index (χ2n) is 5.99. The second-order valence-corrected chi connectivity index (χ2v) is 8.31. The molecule has 0 fully saturated rings. The number of aromatic nitrogens is 2. The van der Waals surface area contributed by atoms with Crippen LogP contribution in [0.4, 0.5) is 5.69 Å². The number of carbonyl (C=O) groups excluding carboxylic acids is 1. The quantitative estimate of drug-likeness (QED) is 0.668. The monoisotopic (exact) mass is 364 g/mol. The number of unbranched alkanes of at least 4 members (excludes halogenated alkanes) is 1. The molecule has 0 aliphatic heterocycles. The number of sulfonamides is 1. The van der Waals surface area contributed by atoms with Gasteiger partial charge in [0.15, 0.2) is 0 Å². The Morgan fingerprint density at radius 2 is 1.92 bits per heavy atom. The molecule has 0 bridgehead atoms. The van der Waals surface area contributed by atoms with E-state index in [2.05, 4.69) is 15.1 Å². The summed E-state index contributed by atoms with van der Waals surface area (Å²) in [5.41, 5.74) is 1.64. The highest BCUT2D eigenvalue weighted by atomic mass is 32.2. The van der Waals surface area contributed by atoms with Crippen molar-refractivity contribution in [1.82, 2.24) is 14.5 Å². The van der Waals surface area contributed by atoms with Crippen LogP contribution in [-0.4, -0.2) is 35.9 Å². The van der Waals surface area contributed by atoms with Crippen LogP contribution in [0.25, 0.3) is 5.69 Å². The van der Waals surface area contributed by atoms with Gasteiger partial charge < -0.3 is 5.32 Å². The Kier molecular flexibility index (Phi) is 6.72. The fourth-order valence-electron chi connectivity index (χ4n) is 2.13. The molecular formula is C17H24N4O3S. The van der Waals surface area contributed by atoms with Gasteiger partial charge in [0.1, 0.15) is 0 Å². The number of benzene rings is 1. The summed E-state index contributed by atoms with van der Waals surface area (Å²) < 4.78 is 27.4. The first kappa shape index (κ1) is 19.1. The van der Waals surface area contributed by atoms with Crippen molar-refractivity contribution >= 4 is 21.6 Å². The Bertz CT molecular complexity index is 769. The van der Waals surface area contributed by atoms with Crippen LogP contribution in [0.1, 0.15) is 33.1 Å². The average molecular weight is 364 g/mol. The molecule has 0 spiro atoms. The maximum absolute atomic E-state index is 11.9. The van der Waals surface area contributed by atoms with Crippen molar-refractivity contribution in [2.24, 2.45) is 0 Å². The summed E-state index contributed by atoms with van der Waals surface area (Å²) in [6, 6.07) is 9.25. The van der Waals surface area contributed by atoms with Gasteiger partial charge >= 0.3 is 0 Å². The van der Waals surface area contributed by atoms with Gasteiger partial charge in [-0.1, -0.05) is 0 Å². The molecule has 1 aromatic carbocycles. The molecule has 1 aromatic heterocycles. The average Bonchev–Trinajstić information content (AvgIpc) is 3.09. The summed E-state index contributed by atoms with van der Waals surface area (Å²) >= 11 is 0. The summed E-state index contributed by atoms with van der Waals surface area (Å²) in [5.74, 6) is -0.0847. The van der Waals surface area contributed by atoms with Gasteiger partial charge in [-0.15, -0.1) is 0 Å². The number of amides is 1. The van der Waals surface area contributed by atoms with Crippen LogP contribution < -0.4 is 10.0 Å². The van der Waals surface area contributed by atoms with Crippen LogP contribution in [0, 0.1) is 0 Å². The van der Waals surface area contributed by atoms with Crippen LogP contribution in [0.2, 0.25) is 0 Å². The fourth-order valence-corrected chi connectivity index (χ4v) is 2.90. The van der Waals surface area contributed by atoms with Crippen LogP contribution in [-0.2, 0) is 14.8 Å². The zero-order valence-electron chi connectivity index (χ0n) is 14.5. The molecule has 0 aliphatic rings. The summed E-state index contributed by atoms with van der Waals surface area (Å²) in [4.78, 5) is 11.9. The highest BCUT2D eigenvalue weighted by molar-refractivity contribution is 7.90. The molecule has 8 heteroatoms. The maximum atomic E-state index is 11.9. The largest absolute Gasteiger partial charge is 0.326 e. The Balaban J connectivity index is 1.70. The minimum atomic E-state index is -3.23. The topological polar surface area (TPSA) is 93.1 Å². The first-order valence-corrected chi connectivity index (χ1v) is 9.81. The summed E-state index contributed by atoms with van der Waals surface area (Å²) in [7, 11) is -3.23. The Morgan fingerprint density at radius 3 is 2.52 bits per heavy atom. The van der Waals surface area contributed by atoms with Crippen LogP contribution in [0.5, 0.6) is 0 Å². The lowest BCUT2D eigenvalue weighted by Gasteiger charge is -2.09. The first-order chi connectivity index (χ1) is 11.9. The van der Waals surface area contributed by atoms with Gasteiger partial charge in [-0.3, -0.25) is 4.79 Å². The van der Waals surface area contributed by atoms with E-state index < -0.39 is 15.3 Å². The minimum absolute atomic E-state index is 0.0847. The van der Waals surface area contributed by atoms with E-state index in [0.29, 0.717) is 25.8 Å². The van der Waals surface area contributed by atoms with Crippen molar-refractivity contribution in [1.29, 1.82) is 0 Å². The van der Waals surface area contributed by atoms with Crippen molar-refractivity contribution < 1.29 is 13.2 Å². The number of hydrogen-bond acceptors (Lipinski definition) is 4. The summed E-state index contributed by atoms with van der Waals surface area (Å²) in [6.07, 6.45) is 5.15. The highest BCUT2D eigenvalue weighted by Crippen LogP contribution is 2.13. The molecule has 0 saturated heterocycles. The third kappa shape index (κ3) is 5.99. The first-order valence-electron chi connectivity index (χ1n) is 8.27. The van der Waals surface area contributed by atoms with Gasteiger partial charge in [0.05, 0.1) is 10.9 Å². The molecule has 0 unspecified atom stereocenters. The van der Waals surface area contributed by atoms with Crippen molar-refractivity contribution in [3.05, 3.63) is 42.7 Å². The molecule has 2 rings (SSSR count). The molecule has 2 N–H and O–H groups in total. The van der Waals surface area contributed by atoms with Crippen LogP contribution in [0.15, 0.2) is 42.7 Å². The summed E-state index contributed by atoms with van der Waals surface area (Å²) in [5, 5.41) is 6.53. The fraction of sp³-hybridized carbons (Fsp3) is 0.412. The molecule has 1 amide bonds. The third-order valence-corrected chi connectivity index (χ3v) is 5.52. The van der Waals surface area contributed by atoms with E-state index in [1.54, 1.807) is 24.7 Å². The van der Waals surface area contributed by atoms with E-state index in [1.807, 2.05) is 36.5 Å². The van der Waals surface area contributed by atoms with Crippen molar-refractivity contribution in [3.63, 3.8) is 0 Å². The van der Waals surface area contributed by atoms with Gasteiger partial charge in [0, 0.05) is 31.0 Å². The predicted molar refractivity (Wildman–Crippen MR) is 98.1 cm³/mol. The Hall–Kier alpha value is -2.19. The third-order valence-electron chi connectivity index (χ3n) is 3.67. The number of hydrogen-bond donors (Lipinski definition) is 2. The van der Waals surface area contributed by atoms with E-state index in [9.17, 15) is 13.2 Å². The lowest BCUT2D eigenvalue weighted by molar-refractivity contribution is -0.116. The zero-order valence-corrected chi connectivity index (χ0v) is 15.3. The zero-order chi connectivity index (χ0) is 18.3. The Labute approximate surface area is 148 Å². The number of anilines is 1. The normalized spacial score (nSPS) is 11.6. The summed E-state index contributed by atoms with van der Waals surface area (Å²) in [6.45, 7) is 3.62. The predicted octanol–water partition coefficient (Wildman–Crippen LogP) is 2.31. The molecule has 0 atom stereocenters. The standard InChI is InChI=1S/C17H24N4O3S/c1-14(2)25(23,24)19-12-4-3-6-17(22)20-15-7-9-16(10-8-15)21-13-5-11-18-21/h5,7-11,13-14,19H,3-4,6,12H2,1-2H3,(H,20,22). The van der Waals surface area contributed by atoms with E-state index in [4.69, 9.17) is 0 Å². The van der Waals surface area contributed by atoms with Crippen molar-refractivity contribution in [2.75, 3.05) is 11.9 Å². The van der Waals surface area contributed by atoms with Gasteiger partial charge in [-0.25, -0.2) is 17.8 Å². The highest BCUT2D eigenvalue weighted by Gasteiger charge is 2.14. The molecule has 7 nitrogen and oxygen atoms in total. The lowest BCUT2D eigenvalue weighted by atomic mass is 10.2. The number of carbonyl (C=O) groups is 1. The molecule has 0 saturated carbocycles. The van der Waals surface area contributed by atoms with Gasteiger partial charge in [0.2, 0.25) is 15.9 Å². The number of nitrogens with zero attached hydrogens (tertiary/aromatic N) is 2. The minimum Gasteiger partial charge on any atom is -0.326 e. The van der Waals surface area contributed by atoms with Gasteiger partial charge in [-0.05, 0) is 57.0 Å². The van der Waals surface area contributed by atoms with Crippen molar-refractivity contribution in [2.45, 2.75) is 38.4 Å². The van der Waals surface area contributed by atoms with Crippen LogP contribution in [0.3, 0.4) is 0 Å². The number of nitrogens with one attached hydrogen (secondary N) is 2. The second kappa shape index (κ2) is 8.77. The van der Waals surface area contributed by atoms with E-state index in [0.717, 1.165) is 11.4 Å². The maximum Gasteiger partial charge on any atom is 0.224 e. The smallest absolute Gasteiger partial charge is 0.224 e. The van der Waals surface area contributed by atoms with E-state index in [-0.39, 0.29) is 5.91 Å². The van der Waals surface area contributed by atoms with E-state index >= 15 is 0 Å².